The summed E-state index contributed by atoms with van der Waals surface area (Å²) in [5, 5.41) is 3.61. The smallest absolute Gasteiger partial charge is 0.00884 e. The van der Waals surface area contributed by atoms with Crippen molar-refractivity contribution in [1.29, 1.82) is 0 Å². The molecule has 0 heterocycles. The Morgan fingerprint density at radius 1 is 1.11 bits per heavy atom. The number of nitrogens with one attached hydrogen (secondary N) is 1. The van der Waals surface area contributed by atoms with Crippen molar-refractivity contribution < 1.29 is 0 Å². The van der Waals surface area contributed by atoms with Gasteiger partial charge in [-0.15, -0.1) is 0 Å². The van der Waals surface area contributed by atoms with Crippen LogP contribution in [-0.4, -0.2) is 13.1 Å². The van der Waals surface area contributed by atoms with E-state index in [0.29, 0.717) is 5.41 Å². The molecule has 0 unspecified atom stereocenters. The molecule has 1 aromatic carbocycles. The van der Waals surface area contributed by atoms with Crippen molar-refractivity contribution in [2.24, 2.45) is 5.41 Å². The third-order valence-electron chi connectivity index (χ3n) is 5.67. The topological polar surface area (TPSA) is 12.0 Å². The molecular weight excluding hydrogens is 230 g/mol. The average molecular weight is 257 g/mol. The third kappa shape index (κ3) is 2.12. The first-order valence-corrected chi connectivity index (χ1v) is 7.88. The van der Waals surface area contributed by atoms with Crippen LogP contribution in [0.15, 0.2) is 18.2 Å². The summed E-state index contributed by atoms with van der Waals surface area (Å²) in [5.74, 6) is 0. The number of likely N-dealkylation sites (N-methyl/N-ethyl adjacent to an activating group) is 1. The molecule has 2 aliphatic rings. The Balaban J connectivity index is 1.84. The molecule has 0 amide bonds. The maximum atomic E-state index is 3.61. The van der Waals surface area contributed by atoms with Gasteiger partial charge in [-0.3, -0.25) is 0 Å². The van der Waals surface area contributed by atoms with E-state index >= 15 is 0 Å². The number of hydrogen-bond donors (Lipinski definition) is 1. The molecule has 0 radical (unpaired) electrons. The Morgan fingerprint density at radius 2 is 1.84 bits per heavy atom. The highest BCUT2D eigenvalue weighted by Crippen LogP contribution is 2.64. The van der Waals surface area contributed by atoms with E-state index in [1.54, 1.807) is 5.56 Å². The second-order valence-corrected chi connectivity index (χ2v) is 7.07. The van der Waals surface area contributed by atoms with E-state index in [2.05, 4.69) is 44.3 Å². The molecule has 19 heavy (non-hydrogen) atoms. The van der Waals surface area contributed by atoms with Crippen molar-refractivity contribution in [2.45, 2.75) is 58.3 Å². The number of rotatable bonds is 4. The molecule has 0 aliphatic heterocycles. The van der Waals surface area contributed by atoms with E-state index < -0.39 is 0 Å². The van der Waals surface area contributed by atoms with Gasteiger partial charge in [0, 0.05) is 12.0 Å². The Morgan fingerprint density at radius 3 is 2.37 bits per heavy atom. The summed E-state index contributed by atoms with van der Waals surface area (Å²) in [4.78, 5) is 0. The Hall–Kier alpha value is -0.820. The summed E-state index contributed by atoms with van der Waals surface area (Å²) in [7, 11) is 0. The summed E-state index contributed by atoms with van der Waals surface area (Å²) in [6.07, 6.45) is 7.24. The van der Waals surface area contributed by atoms with Gasteiger partial charge in [0.25, 0.3) is 0 Å². The van der Waals surface area contributed by atoms with Crippen molar-refractivity contribution in [3.8, 4) is 0 Å². The van der Waals surface area contributed by atoms with Crippen LogP contribution < -0.4 is 5.32 Å². The van der Waals surface area contributed by atoms with Crippen molar-refractivity contribution in [2.75, 3.05) is 13.1 Å². The average Bonchev–Trinajstić information content (AvgIpc) is 2.30. The van der Waals surface area contributed by atoms with Crippen LogP contribution in [0.1, 0.15) is 55.7 Å². The summed E-state index contributed by atoms with van der Waals surface area (Å²) >= 11 is 0. The van der Waals surface area contributed by atoms with Gasteiger partial charge in [0.15, 0.2) is 0 Å². The highest BCUT2D eigenvalue weighted by Gasteiger charge is 2.57. The largest absolute Gasteiger partial charge is 0.316 e. The lowest BCUT2D eigenvalue weighted by molar-refractivity contribution is -0.0481. The van der Waals surface area contributed by atoms with Gasteiger partial charge in [0.05, 0.1) is 0 Å². The van der Waals surface area contributed by atoms with Crippen LogP contribution in [0.5, 0.6) is 0 Å². The highest BCUT2D eigenvalue weighted by atomic mass is 14.9. The predicted octanol–water partition coefficient (Wildman–Crippen LogP) is 4.11. The summed E-state index contributed by atoms with van der Waals surface area (Å²) in [6.45, 7) is 8.92. The monoisotopic (exact) mass is 257 g/mol. The fraction of sp³-hybridized carbons (Fsp3) is 0.667. The minimum absolute atomic E-state index is 0.425. The van der Waals surface area contributed by atoms with Gasteiger partial charge in [-0.05, 0) is 68.2 Å². The lowest BCUT2D eigenvalue weighted by atomic mass is 9.43. The molecule has 2 saturated carbocycles. The summed E-state index contributed by atoms with van der Waals surface area (Å²) < 4.78 is 0. The van der Waals surface area contributed by atoms with Gasteiger partial charge in [-0.2, -0.15) is 0 Å². The molecule has 104 valence electrons. The molecule has 0 bridgehead atoms. The number of benzene rings is 1. The van der Waals surface area contributed by atoms with Crippen molar-refractivity contribution in [3.63, 3.8) is 0 Å². The lowest BCUT2D eigenvalue weighted by Crippen LogP contribution is -2.57. The van der Waals surface area contributed by atoms with E-state index in [0.717, 1.165) is 18.5 Å². The zero-order valence-corrected chi connectivity index (χ0v) is 12.7. The van der Waals surface area contributed by atoms with E-state index in [4.69, 9.17) is 0 Å². The minimum atomic E-state index is 0.425. The van der Waals surface area contributed by atoms with Crippen molar-refractivity contribution in [3.05, 3.63) is 34.9 Å². The van der Waals surface area contributed by atoms with Gasteiger partial charge < -0.3 is 5.32 Å². The number of hydrogen-bond acceptors (Lipinski definition) is 1. The van der Waals surface area contributed by atoms with Crippen molar-refractivity contribution in [1.82, 2.24) is 5.32 Å². The zero-order chi connectivity index (χ0) is 13.5. The van der Waals surface area contributed by atoms with Gasteiger partial charge in [-0.25, -0.2) is 0 Å². The zero-order valence-electron chi connectivity index (χ0n) is 12.7. The first-order valence-electron chi connectivity index (χ1n) is 7.88. The molecule has 0 aromatic heterocycles. The SMILES string of the molecule is CCNCC1(c2ccc(C)c(C)c2)CC2(CCC2)C1. The Bertz CT molecular complexity index is 463. The standard InChI is InChI=1S/C18H27N/c1-4-19-13-18(11-17(12-18)8-5-9-17)16-7-6-14(2)15(3)10-16/h6-7,10,19H,4-5,8-9,11-13H2,1-3H3. The third-order valence-corrected chi connectivity index (χ3v) is 5.67. The molecule has 1 aromatic rings. The van der Waals surface area contributed by atoms with Crippen LogP contribution in [0, 0.1) is 19.3 Å². The minimum Gasteiger partial charge on any atom is -0.316 e. The van der Waals surface area contributed by atoms with Crippen LogP contribution in [0.2, 0.25) is 0 Å². The lowest BCUT2D eigenvalue weighted by Gasteiger charge is -2.62. The van der Waals surface area contributed by atoms with Gasteiger partial charge in [0.2, 0.25) is 0 Å². The van der Waals surface area contributed by atoms with Gasteiger partial charge in [-0.1, -0.05) is 31.5 Å². The first-order chi connectivity index (χ1) is 9.09. The van der Waals surface area contributed by atoms with E-state index in [9.17, 15) is 0 Å². The summed E-state index contributed by atoms with van der Waals surface area (Å²) in [6, 6.07) is 7.13. The van der Waals surface area contributed by atoms with Gasteiger partial charge in [0.1, 0.15) is 0 Å². The quantitative estimate of drug-likeness (QED) is 0.855. The molecule has 1 heteroatoms. The Labute approximate surface area is 117 Å². The molecule has 2 fully saturated rings. The fourth-order valence-corrected chi connectivity index (χ4v) is 4.28. The second-order valence-electron chi connectivity index (χ2n) is 7.07. The Kier molecular flexibility index (Phi) is 3.21. The first kappa shape index (κ1) is 13.2. The van der Waals surface area contributed by atoms with Crippen LogP contribution >= 0.6 is 0 Å². The number of aryl methyl sites for hydroxylation is 2. The predicted molar refractivity (Wildman–Crippen MR) is 81.7 cm³/mol. The van der Waals surface area contributed by atoms with Gasteiger partial charge >= 0.3 is 0 Å². The maximum absolute atomic E-state index is 3.61. The van der Waals surface area contributed by atoms with Crippen LogP contribution in [-0.2, 0) is 5.41 Å². The normalized spacial score (nSPS) is 22.9. The van der Waals surface area contributed by atoms with Crippen LogP contribution in [0.25, 0.3) is 0 Å². The molecular formula is C18H27N. The highest BCUT2D eigenvalue weighted by molar-refractivity contribution is 5.38. The van der Waals surface area contributed by atoms with Crippen LogP contribution in [0.3, 0.4) is 0 Å². The van der Waals surface area contributed by atoms with E-state index in [1.165, 1.54) is 43.2 Å². The van der Waals surface area contributed by atoms with E-state index in [1.807, 2.05) is 0 Å². The fourth-order valence-electron chi connectivity index (χ4n) is 4.28. The molecule has 1 N–H and O–H groups in total. The molecule has 3 rings (SSSR count). The molecule has 1 spiro atoms. The molecule has 0 atom stereocenters. The van der Waals surface area contributed by atoms with E-state index in [-0.39, 0.29) is 0 Å². The molecule has 2 aliphatic carbocycles. The summed E-state index contributed by atoms with van der Waals surface area (Å²) in [5.41, 5.74) is 5.60. The van der Waals surface area contributed by atoms with Crippen molar-refractivity contribution >= 4 is 0 Å². The second kappa shape index (κ2) is 4.63. The maximum Gasteiger partial charge on any atom is 0.00884 e. The molecule has 0 saturated heterocycles. The molecule has 1 nitrogen and oxygen atoms in total. The van der Waals surface area contributed by atoms with Crippen LogP contribution in [0.4, 0.5) is 0 Å².